The van der Waals surface area contributed by atoms with Gasteiger partial charge in [0, 0.05) is 31.2 Å². The molecule has 0 aliphatic carbocycles. The molecule has 0 radical (unpaired) electrons. The van der Waals surface area contributed by atoms with Crippen LogP contribution >= 0.6 is 0 Å². The van der Waals surface area contributed by atoms with Gasteiger partial charge >= 0.3 is 0 Å². The molecule has 0 atom stereocenters. The standard InChI is InChI=1S/C15H18N6/c1-3-20-7-6-13(10-20)9-16-14-4-5-15(12(2)8-14)21-11-17-18-19-21/h4-8,10-11,16H,3,9H2,1-2H3. The van der Waals surface area contributed by atoms with Gasteiger partial charge in [0.1, 0.15) is 6.33 Å². The van der Waals surface area contributed by atoms with Gasteiger partial charge in [-0.25, -0.2) is 4.68 Å². The van der Waals surface area contributed by atoms with Gasteiger partial charge in [-0.2, -0.15) is 0 Å². The van der Waals surface area contributed by atoms with Crippen LogP contribution in [-0.4, -0.2) is 24.8 Å². The molecule has 2 heterocycles. The van der Waals surface area contributed by atoms with Crippen molar-refractivity contribution < 1.29 is 0 Å². The van der Waals surface area contributed by atoms with Crippen LogP contribution in [-0.2, 0) is 13.1 Å². The first-order valence-electron chi connectivity index (χ1n) is 6.99. The molecule has 0 saturated heterocycles. The van der Waals surface area contributed by atoms with Crippen LogP contribution in [0.2, 0.25) is 0 Å². The zero-order valence-corrected chi connectivity index (χ0v) is 12.2. The number of anilines is 1. The highest BCUT2D eigenvalue weighted by atomic mass is 15.5. The molecule has 3 aromatic rings. The quantitative estimate of drug-likeness (QED) is 0.780. The van der Waals surface area contributed by atoms with E-state index in [0.29, 0.717) is 0 Å². The number of hydrogen-bond donors (Lipinski definition) is 1. The minimum Gasteiger partial charge on any atom is -0.381 e. The third-order valence-corrected chi connectivity index (χ3v) is 3.47. The largest absolute Gasteiger partial charge is 0.381 e. The van der Waals surface area contributed by atoms with Gasteiger partial charge < -0.3 is 9.88 Å². The predicted molar refractivity (Wildman–Crippen MR) is 81.3 cm³/mol. The van der Waals surface area contributed by atoms with E-state index in [2.05, 4.69) is 63.8 Å². The highest BCUT2D eigenvalue weighted by molar-refractivity contribution is 5.53. The first kappa shape index (κ1) is 13.4. The van der Waals surface area contributed by atoms with Crippen molar-refractivity contribution in [3.63, 3.8) is 0 Å². The number of benzene rings is 1. The molecular weight excluding hydrogens is 264 g/mol. The van der Waals surface area contributed by atoms with Crippen LogP contribution in [0.15, 0.2) is 43.0 Å². The number of nitrogens with one attached hydrogen (secondary N) is 1. The van der Waals surface area contributed by atoms with Crippen molar-refractivity contribution in [3.05, 3.63) is 54.1 Å². The Kier molecular flexibility index (Phi) is 3.68. The molecule has 3 rings (SSSR count). The number of tetrazole rings is 1. The molecule has 1 aromatic carbocycles. The highest BCUT2D eigenvalue weighted by Gasteiger charge is 2.04. The van der Waals surface area contributed by atoms with Gasteiger partial charge in [0.2, 0.25) is 0 Å². The normalized spacial score (nSPS) is 10.8. The Balaban J connectivity index is 1.70. The lowest BCUT2D eigenvalue weighted by atomic mass is 10.1. The van der Waals surface area contributed by atoms with E-state index >= 15 is 0 Å². The first-order chi connectivity index (χ1) is 10.3. The molecule has 0 saturated carbocycles. The predicted octanol–water partition coefficient (Wildman–Crippen LogP) is 2.40. The van der Waals surface area contributed by atoms with E-state index in [1.807, 2.05) is 12.1 Å². The van der Waals surface area contributed by atoms with Gasteiger partial charge in [-0.15, -0.1) is 5.10 Å². The topological polar surface area (TPSA) is 60.6 Å². The van der Waals surface area contributed by atoms with E-state index in [4.69, 9.17) is 0 Å². The van der Waals surface area contributed by atoms with Crippen LogP contribution < -0.4 is 5.32 Å². The van der Waals surface area contributed by atoms with Crippen molar-refractivity contribution >= 4 is 5.69 Å². The number of aryl methyl sites for hydroxylation is 2. The van der Waals surface area contributed by atoms with Crippen LogP contribution in [0.1, 0.15) is 18.1 Å². The van der Waals surface area contributed by atoms with Crippen molar-refractivity contribution in [2.24, 2.45) is 0 Å². The fourth-order valence-corrected chi connectivity index (χ4v) is 2.29. The van der Waals surface area contributed by atoms with E-state index < -0.39 is 0 Å². The summed E-state index contributed by atoms with van der Waals surface area (Å²) in [6.07, 6.45) is 5.86. The summed E-state index contributed by atoms with van der Waals surface area (Å²) in [4.78, 5) is 0. The number of hydrogen-bond acceptors (Lipinski definition) is 4. The highest BCUT2D eigenvalue weighted by Crippen LogP contribution is 2.18. The van der Waals surface area contributed by atoms with Crippen molar-refractivity contribution in [1.82, 2.24) is 24.8 Å². The maximum atomic E-state index is 3.92. The molecule has 0 aliphatic rings. The van der Waals surface area contributed by atoms with E-state index in [1.54, 1.807) is 11.0 Å². The van der Waals surface area contributed by atoms with Crippen molar-refractivity contribution in [2.75, 3.05) is 5.32 Å². The lowest BCUT2D eigenvalue weighted by molar-refractivity contribution is 0.766. The molecule has 0 unspecified atom stereocenters. The fraction of sp³-hybridized carbons (Fsp3) is 0.267. The second-order valence-corrected chi connectivity index (χ2v) is 4.96. The Morgan fingerprint density at radius 3 is 2.81 bits per heavy atom. The SMILES string of the molecule is CCn1ccc(CNc2ccc(-n3cnnn3)c(C)c2)c1. The first-order valence-corrected chi connectivity index (χ1v) is 6.99. The summed E-state index contributed by atoms with van der Waals surface area (Å²) >= 11 is 0. The molecule has 21 heavy (non-hydrogen) atoms. The summed E-state index contributed by atoms with van der Waals surface area (Å²) in [5.41, 5.74) is 4.48. The second kappa shape index (κ2) is 5.78. The Morgan fingerprint density at radius 2 is 2.14 bits per heavy atom. The molecule has 1 N–H and O–H groups in total. The lowest BCUT2D eigenvalue weighted by Gasteiger charge is -2.09. The Bertz CT molecular complexity index is 714. The van der Waals surface area contributed by atoms with E-state index in [9.17, 15) is 0 Å². The van der Waals surface area contributed by atoms with Crippen LogP contribution in [0.25, 0.3) is 5.69 Å². The maximum absolute atomic E-state index is 3.92. The summed E-state index contributed by atoms with van der Waals surface area (Å²) in [7, 11) is 0. The summed E-state index contributed by atoms with van der Waals surface area (Å²) in [5, 5.41) is 14.7. The number of nitrogens with zero attached hydrogens (tertiary/aromatic N) is 5. The summed E-state index contributed by atoms with van der Waals surface area (Å²) in [6.45, 7) is 6.00. The Labute approximate surface area is 123 Å². The molecule has 0 aliphatic heterocycles. The number of aromatic nitrogens is 5. The maximum Gasteiger partial charge on any atom is 0.143 e. The molecule has 6 nitrogen and oxygen atoms in total. The number of rotatable bonds is 5. The van der Waals surface area contributed by atoms with Gasteiger partial charge in [0.15, 0.2) is 0 Å². The minimum absolute atomic E-state index is 0.816. The monoisotopic (exact) mass is 282 g/mol. The molecule has 2 aromatic heterocycles. The molecule has 0 fully saturated rings. The van der Waals surface area contributed by atoms with Gasteiger partial charge in [-0.1, -0.05) is 0 Å². The van der Waals surface area contributed by atoms with Crippen LogP contribution in [0.4, 0.5) is 5.69 Å². The molecule has 0 amide bonds. The van der Waals surface area contributed by atoms with Gasteiger partial charge in [0.25, 0.3) is 0 Å². The molecule has 108 valence electrons. The smallest absolute Gasteiger partial charge is 0.143 e. The Morgan fingerprint density at radius 1 is 1.24 bits per heavy atom. The fourth-order valence-electron chi connectivity index (χ4n) is 2.29. The summed E-state index contributed by atoms with van der Waals surface area (Å²) in [5.74, 6) is 0. The third kappa shape index (κ3) is 2.94. The van der Waals surface area contributed by atoms with E-state index in [0.717, 1.165) is 30.0 Å². The lowest BCUT2D eigenvalue weighted by Crippen LogP contribution is -2.02. The summed E-state index contributed by atoms with van der Waals surface area (Å²) in [6, 6.07) is 8.30. The van der Waals surface area contributed by atoms with Crippen molar-refractivity contribution in [2.45, 2.75) is 26.9 Å². The van der Waals surface area contributed by atoms with E-state index in [-0.39, 0.29) is 0 Å². The molecule has 0 spiro atoms. The van der Waals surface area contributed by atoms with E-state index in [1.165, 1.54) is 5.56 Å². The molecular formula is C15H18N6. The third-order valence-electron chi connectivity index (χ3n) is 3.47. The average Bonchev–Trinajstić information content (AvgIpc) is 3.16. The van der Waals surface area contributed by atoms with Crippen molar-refractivity contribution in [1.29, 1.82) is 0 Å². The second-order valence-electron chi connectivity index (χ2n) is 4.96. The van der Waals surface area contributed by atoms with Crippen molar-refractivity contribution in [3.8, 4) is 5.69 Å². The summed E-state index contributed by atoms with van der Waals surface area (Å²) < 4.78 is 3.84. The van der Waals surface area contributed by atoms with Crippen LogP contribution in [0.5, 0.6) is 0 Å². The minimum atomic E-state index is 0.816. The zero-order chi connectivity index (χ0) is 14.7. The van der Waals surface area contributed by atoms with Gasteiger partial charge in [-0.3, -0.25) is 0 Å². The molecule has 0 bridgehead atoms. The van der Waals surface area contributed by atoms with Crippen LogP contribution in [0.3, 0.4) is 0 Å². The van der Waals surface area contributed by atoms with Gasteiger partial charge in [-0.05, 0) is 59.7 Å². The zero-order valence-electron chi connectivity index (χ0n) is 12.2. The molecule has 6 heteroatoms. The van der Waals surface area contributed by atoms with Gasteiger partial charge in [0.05, 0.1) is 5.69 Å². The van der Waals surface area contributed by atoms with Crippen LogP contribution in [0, 0.1) is 6.92 Å². The average molecular weight is 282 g/mol. The Hall–Kier alpha value is -2.63.